The molecule has 124 valence electrons. The maximum Gasteiger partial charge on any atom is 0.174 e. The molecule has 1 aliphatic carbocycles. The van der Waals surface area contributed by atoms with Gasteiger partial charge in [0.25, 0.3) is 0 Å². The number of hydrogen-bond donors (Lipinski definition) is 2. The van der Waals surface area contributed by atoms with E-state index in [2.05, 4.69) is 4.90 Å². The maximum absolute atomic E-state index is 12.6. The molecule has 0 radical (unpaired) electrons. The van der Waals surface area contributed by atoms with Crippen molar-refractivity contribution in [3.8, 4) is 11.5 Å². The molecule has 23 heavy (non-hydrogen) atoms. The van der Waals surface area contributed by atoms with E-state index in [4.69, 9.17) is 4.74 Å². The predicted octanol–water partition coefficient (Wildman–Crippen LogP) is 1.38. The van der Waals surface area contributed by atoms with Crippen molar-refractivity contribution < 1.29 is 19.7 Å². The van der Waals surface area contributed by atoms with Gasteiger partial charge in [-0.25, -0.2) is 0 Å². The summed E-state index contributed by atoms with van der Waals surface area (Å²) in [5.74, 6) is 0.442. The molecule has 1 saturated heterocycles. The molecule has 0 aromatic heterocycles. The number of Topliss-reactive ketones (excluding diaryl/α,β-unsaturated/α-hetero) is 1. The van der Waals surface area contributed by atoms with E-state index in [1.807, 2.05) is 27.0 Å². The monoisotopic (exact) mass is 317 g/mol. The van der Waals surface area contributed by atoms with E-state index in [-0.39, 0.29) is 17.6 Å². The molecule has 4 rings (SSSR count). The number of benzene rings is 1. The first-order chi connectivity index (χ1) is 10.8. The summed E-state index contributed by atoms with van der Waals surface area (Å²) >= 11 is 0. The van der Waals surface area contributed by atoms with E-state index < -0.39 is 17.1 Å². The highest BCUT2D eigenvalue weighted by Gasteiger charge is 2.69. The standard InChI is InChI=1S/C18H23NO4/c1-4-11(20)16-18-7-8-19(3)13(17(18,2)22)9-10-5-6-12(21)15(23-16)14(10)18/h5-6,13,16,21-22H,4,7-9H2,1-3H3. The smallest absolute Gasteiger partial charge is 0.174 e. The van der Waals surface area contributed by atoms with Crippen molar-refractivity contribution in [2.24, 2.45) is 0 Å². The number of piperidine rings is 1. The predicted molar refractivity (Wildman–Crippen MR) is 84.9 cm³/mol. The molecule has 2 aliphatic heterocycles. The van der Waals surface area contributed by atoms with Gasteiger partial charge in [-0.3, -0.25) is 4.79 Å². The lowest BCUT2D eigenvalue weighted by Crippen LogP contribution is -2.73. The largest absolute Gasteiger partial charge is 0.504 e. The van der Waals surface area contributed by atoms with E-state index in [1.54, 1.807) is 6.07 Å². The number of nitrogens with zero attached hydrogens (tertiary/aromatic N) is 1. The summed E-state index contributed by atoms with van der Waals surface area (Å²) < 4.78 is 5.98. The third kappa shape index (κ3) is 1.57. The highest BCUT2D eigenvalue weighted by Crippen LogP contribution is 2.61. The molecular weight excluding hydrogens is 294 g/mol. The van der Waals surface area contributed by atoms with Gasteiger partial charge in [-0.2, -0.15) is 0 Å². The number of aromatic hydroxyl groups is 1. The number of rotatable bonds is 2. The van der Waals surface area contributed by atoms with Crippen LogP contribution in [0.5, 0.6) is 11.5 Å². The van der Waals surface area contributed by atoms with Gasteiger partial charge in [-0.1, -0.05) is 13.0 Å². The molecule has 0 amide bonds. The zero-order chi connectivity index (χ0) is 16.6. The Kier molecular flexibility index (Phi) is 2.92. The minimum absolute atomic E-state index is 0.0166. The number of aliphatic hydroxyl groups is 1. The van der Waals surface area contributed by atoms with Crippen LogP contribution in [-0.4, -0.2) is 52.2 Å². The fourth-order valence-corrected chi connectivity index (χ4v) is 5.09. The topological polar surface area (TPSA) is 70.0 Å². The van der Waals surface area contributed by atoms with Gasteiger partial charge in [-0.15, -0.1) is 0 Å². The van der Waals surface area contributed by atoms with Gasteiger partial charge in [-0.05, 0) is 45.0 Å². The molecule has 5 nitrogen and oxygen atoms in total. The van der Waals surface area contributed by atoms with E-state index in [0.29, 0.717) is 25.0 Å². The Hall–Kier alpha value is -1.59. The number of carbonyl (C=O) groups is 1. The third-order valence-corrected chi connectivity index (χ3v) is 6.35. The van der Waals surface area contributed by atoms with Crippen LogP contribution in [0.1, 0.15) is 37.8 Å². The van der Waals surface area contributed by atoms with Crippen LogP contribution in [0, 0.1) is 0 Å². The fraction of sp³-hybridized carbons (Fsp3) is 0.611. The molecule has 4 unspecified atom stereocenters. The van der Waals surface area contributed by atoms with E-state index >= 15 is 0 Å². The van der Waals surface area contributed by atoms with Gasteiger partial charge in [0.05, 0.1) is 11.0 Å². The molecule has 0 saturated carbocycles. The molecule has 2 heterocycles. The van der Waals surface area contributed by atoms with Crippen molar-refractivity contribution in [2.45, 2.75) is 56.3 Å². The number of likely N-dealkylation sites (tertiary alicyclic amines) is 1. The first kappa shape index (κ1) is 15.0. The second kappa shape index (κ2) is 4.48. The number of fused-ring (bicyclic) bond motifs is 1. The van der Waals surface area contributed by atoms with Crippen LogP contribution in [0.15, 0.2) is 12.1 Å². The Morgan fingerprint density at radius 2 is 2.22 bits per heavy atom. The van der Waals surface area contributed by atoms with Crippen molar-refractivity contribution in [1.82, 2.24) is 4.90 Å². The van der Waals surface area contributed by atoms with Crippen molar-refractivity contribution in [3.63, 3.8) is 0 Å². The summed E-state index contributed by atoms with van der Waals surface area (Å²) in [6.45, 7) is 4.44. The SMILES string of the molecule is CCC(=O)C1Oc2c(O)ccc3c2C12CCN(C)C(C3)C2(C)O. The summed E-state index contributed by atoms with van der Waals surface area (Å²) in [6, 6.07) is 3.48. The fourth-order valence-electron chi connectivity index (χ4n) is 5.09. The van der Waals surface area contributed by atoms with Gasteiger partial charge in [0.1, 0.15) is 0 Å². The highest BCUT2D eigenvalue weighted by molar-refractivity contribution is 5.88. The van der Waals surface area contributed by atoms with Crippen LogP contribution < -0.4 is 4.74 Å². The van der Waals surface area contributed by atoms with Crippen LogP contribution in [0.25, 0.3) is 0 Å². The third-order valence-electron chi connectivity index (χ3n) is 6.35. The van der Waals surface area contributed by atoms with Crippen molar-refractivity contribution in [2.75, 3.05) is 13.6 Å². The molecule has 1 aromatic carbocycles. The van der Waals surface area contributed by atoms with Crippen molar-refractivity contribution in [1.29, 1.82) is 0 Å². The van der Waals surface area contributed by atoms with E-state index in [0.717, 1.165) is 17.7 Å². The lowest BCUT2D eigenvalue weighted by atomic mass is 9.53. The Morgan fingerprint density at radius 1 is 1.48 bits per heavy atom. The van der Waals surface area contributed by atoms with Gasteiger partial charge in [0.2, 0.25) is 0 Å². The zero-order valence-corrected chi connectivity index (χ0v) is 13.8. The Balaban J connectivity index is 2.03. The minimum atomic E-state index is -1.08. The summed E-state index contributed by atoms with van der Waals surface area (Å²) in [7, 11) is 2.02. The Bertz CT molecular complexity index is 699. The Morgan fingerprint density at radius 3 is 2.91 bits per heavy atom. The molecular formula is C18H23NO4. The molecule has 1 spiro atoms. The molecule has 5 heteroatoms. The lowest BCUT2D eigenvalue weighted by Gasteiger charge is -2.58. The second-order valence-corrected chi connectivity index (χ2v) is 7.34. The van der Waals surface area contributed by atoms with Crippen LogP contribution in [0.3, 0.4) is 0 Å². The molecule has 2 bridgehead atoms. The summed E-state index contributed by atoms with van der Waals surface area (Å²) in [4.78, 5) is 14.8. The lowest BCUT2D eigenvalue weighted by molar-refractivity contribution is -0.160. The molecule has 1 aromatic rings. The number of ketones is 1. The van der Waals surface area contributed by atoms with Gasteiger partial charge < -0.3 is 19.8 Å². The van der Waals surface area contributed by atoms with E-state index in [1.165, 1.54) is 0 Å². The van der Waals surface area contributed by atoms with Crippen LogP contribution in [-0.2, 0) is 16.6 Å². The molecule has 1 fully saturated rings. The van der Waals surface area contributed by atoms with E-state index in [9.17, 15) is 15.0 Å². The van der Waals surface area contributed by atoms with Gasteiger partial charge >= 0.3 is 0 Å². The van der Waals surface area contributed by atoms with Gasteiger partial charge in [0, 0.05) is 18.0 Å². The number of phenols is 1. The summed E-state index contributed by atoms with van der Waals surface area (Å²) in [5.41, 5.74) is 0.0893. The van der Waals surface area contributed by atoms with Crippen LogP contribution in [0.2, 0.25) is 0 Å². The summed E-state index contributed by atoms with van der Waals surface area (Å²) in [6.07, 6.45) is 0.977. The van der Waals surface area contributed by atoms with Crippen LogP contribution >= 0.6 is 0 Å². The normalized spacial score (nSPS) is 38.1. The average molecular weight is 317 g/mol. The first-order valence-electron chi connectivity index (χ1n) is 8.32. The molecule has 2 N–H and O–H groups in total. The Labute approximate surface area is 135 Å². The number of phenolic OH excluding ortho intramolecular Hbond substituents is 1. The average Bonchev–Trinajstić information content (AvgIpc) is 2.86. The van der Waals surface area contributed by atoms with Crippen molar-refractivity contribution >= 4 is 5.78 Å². The quantitative estimate of drug-likeness (QED) is 0.862. The number of ether oxygens (including phenoxy) is 1. The van der Waals surface area contributed by atoms with Crippen molar-refractivity contribution in [3.05, 3.63) is 23.3 Å². The first-order valence-corrected chi connectivity index (χ1v) is 8.32. The molecule has 4 atom stereocenters. The molecule has 3 aliphatic rings. The number of carbonyl (C=O) groups excluding carboxylic acids is 1. The van der Waals surface area contributed by atoms with Crippen LogP contribution in [0.4, 0.5) is 0 Å². The maximum atomic E-state index is 12.6. The second-order valence-electron chi connectivity index (χ2n) is 7.34. The zero-order valence-electron chi connectivity index (χ0n) is 13.8. The number of hydrogen-bond acceptors (Lipinski definition) is 5. The summed E-state index contributed by atoms with van der Waals surface area (Å²) in [5, 5.41) is 21.8. The van der Waals surface area contributed by atoms with Gasteiger partial charge in [0.15, 0.2) is 23.4 Å². The minimum Gasteiger partial charge on any atom is -0.504 e. The highest BCUT2D eigenvalue weighted by atomic mass is 16.5. The number of likely N-dealkylation sites (N-methyl/N-ethyl adjacent to an activating group) is 1.